The van der Waals surface area contributed by atoms with Gasteiger partial charge in [-0.1, -0.05) is 12.1 Å². The van der Waals surface area contributed by atoms with E-state index in [0.29, 0.717) is 25.7 Å². The van der Waals surface area contributed by atoms with Gasteiger partial charge in [0.05, 0.1) is 18.8 Å². The number of aliphatic imine (C=N–C) groups is 1. The van der Waals surface area contributed by atoms with Gasteiger partial charge in [0.25, 0.3) is 0 Å². The highest BCUT2D eigenvalue weighted by Crippen LogP contribution is 2.16. The summed E-state index contributed by atoms with van der Waals surface area (Å²) >= 11 is 0. The Kier molecular flexibility index (Phi) is 11.7. The van der Waals surface area contributed by atoms with E-state index in [4.69, 9.17) is 14.2 Å². The molecule has 0 spiro atoms. The van der Waals surface area contributed by atoms with Crippen LogP contribution < -0.4 is 10.6 Å². The molecule has 1 aliphatic heterocycles. The van der Waals surface area contributed by atoms with Crippen LogP contribution in [0.2, 0.25) is 0 Å². The van der Waals surface area contributed by atoms with Gasteiger partial charge in [-0.3, -0.25) is 4.99 Å². The molecule has 1 aliphatic rings. The Labute approximate surface area is 171 Å². The summed E-state index contributed by atoms with van der Waals surface area (Å²) in [5.74, 6) is 0.448. The monoisotopic (exact) mass is 481 g/mol. The summed E-state index contributed by atoms with van der Waals surface area (Å²) in [6, 6.07) is 6.32. The Morgan fingerprint density at radius 1 is 1.35 bits per heavy atom. The molecule has 0 saturated carbocycles. The minimum Gasteiger partial charge on any atom is -0.379 e. The zero-order valence-electron chi connectivity index (χ0n) is 15.4. The highest BCUT2D eigenvalue weighted by Gasteiger charge is 2.15. The molecule has 1 saturated heterocycles. The number of nitrogens with one attached hydrogen (secondary N) is 2. The molecular weight excluding hydrogens is 452 g/mol. The molecule has 2 atom stereocenters. The molecule has 0 aliphatic carbocycles. The lowest BCUT2D eigenvalue weighted by Gasteiger charge is -2.19. The van der Waals surface area contributed by atoms with Crippen LogP contribution in [0.1, 0.15) is 24.5 Å². The van der Waals surface area contributed by atoms with Crippen LogP contribution in [0.3, 0.4) is 0 Å². The fourth-order valence-corrected chi connectivity index (χ4v) is 2.60. The first-order valence-corrected chi connectivity index (χ1v) is 8.65. The first-order valence-electron chi connectivity index (χ1n) is 8.65. The van der Waals surface area contributed by atoms with Crippen molar-refractivity contribution >= 4 is 29.9 Å². The van der Waals surface area contributed by atoms with Gasteiger partial charge in [0.2, 0.25) is 0 Å². The standard InChI is InChI=1S/C18H28FN3O3.HI/c1-20-18(21-9-3-10-25-16-8-11-24-13-16)22-12-17(23-2)14-4-6-15(19)7-5-14;/h4-7,16-17H,3,8-13H2,1-2H3,(H2,20,21,22);1H. The lowest BCUT2D eigenvalue weighted by Crippen LogP contribution is -2.40. The van der Waals surface area contributed by atoms with Gasteiger partial charge in [-0.25, -0.2) is 4.39 Å². The van der Waals surface area contributed by atoms with E-state index in [0.717, 1.165) is 31.6 Å². The van der Waals surface area contributed by atoms with Gasteiger partial charge < -0.3 is 24.8 Å². The highest BCUT2D eigenvalue weighted by molar-refractivity contribution is 14.0. The van der Waals surface area contributed by atoms with Gasteiger partial charge in [0.15, 0.2) is 5.96 Å². The molecule has 0 aromatic heterocycles. The summed E-state index contributed by atoms with van der Waals surface area (Å²) in [4.78, 5) is 4.20. The van der Waals surface area contributed by atoms with Crippen LogP contribution in [0, 0.1) is 5.82 Å². The summed E-state index contributed by atoms with van der Waals surface area (Å²) < 4.78 is 29.5. The molecule has 1 fully saturated rings. The lowest BCUT2D eigenvalue weighted by atomic mass is 10.1. The van der Waals surface area contributed by atoms with E-state index in [1.807, 2.05) is 0 Å². The molecule has 2 rings (SSSR count). The SMILES string of the molecule is CN=C(NCCCOC1CCOC1)NCC(OC)c1ccc(F)cc1.I. The van der Waals surface area contributed by atoms with E-state index in [1.165, 1.54) is 12.1 Å². The predicted octanol–water partition coefficient (Wildman–Crippen LogP) is 2.49. The second-order valence-corrected chi connectivity index (χ2v) is 5.87. The summed E-state index contributed by atoms with van der Waals surface area (Å²) in [5.41, 5.74) is 0.916. The van der Waals surface area contributed by atoms with Crippen molar-refractivity contribution < 1.29 is 18.6 Å². The number of ether oxygens (including phenoxy) is 3. The molecule has 0 bridgehead atoms. The third-order valence-electron chi connectivity index (χ3n) is 4.06. The van der Waals surface area contributed by atoms with Crippen molar-refractivity contribution in [1.82, 2.24) is 10.6 Å². The number of methoxy groups -OCH3 is 1. The Hall–Kier alpha value is -0.970. The molecule has 1 aromatic rings. The molecule has 2 N–H and O–H groups in total. The molecule has 0 radical (unpaired) electrons. The Morgan fingerprint density at radius 3 is 2.73 bits per heavy atom. The van der Waals surface area contributed by atoms with Crippen LogP contribution in [0.5, 0.6) is 0 Å². The first kappa shape index (κ1) is 23.1. The van der Waals surface area contributed by atoms with Crippen LogP contribution in [0.15, 0.2) is 29.3 Å². The number of halogens is 2. The fraction of sp³-hybridized carbons (Fsp3) is 0.611. The number of hydrogen-bond donors (Lipinski definition) is 2. The van der Waals surface area contributed by atoms with Gasteiger partial charge in [0, 0.05) is 40.5 Å². The quantitative estimate of drug-likeness (QED) is 0.246. The number of guanidine groups is 1. The predicted molar refractivity (Wildman–Crippen MR) is 111 cm³/mol. The second-order valence-electron chi connectivity index (χ2n) is 5.87. The highest BCUT2D eigenvalue weighted by atomic mass is 127. The van der Waals surface area contributed by atoms with Crippen molar-refractivity contribution in [3.05, 3.63) is 35.6 Å². The molecular formula is C18H29FIN3O3. The number of benzene rings is 1. The maximum Gasteiger partial charge on any atom is 0.191 e. The van der Waals surface area contributed by atoms with Crippen molar-refractivity contribution in [2.24, 2.45) is 4.99 Å². The fourth-order valence-electron chi connectivity index (χ4n) is 2.60. The van der Waals surface area contributed by atoms with E-state index in [2.05, 4.69) is 15.6 Å². The first-order chi connectivity index (χ1) is 12.2. The van der Waals surface area contributed by atoms with Crippen molar-refractivity contribution in [3.63, 3.8) is 0 Å². The Balaban J connectivity index is 0.00000338. The van der Waals surface area contributed by atoms with Crippen molar-refractivity contribution in [3.8, 4) is 0 Å². The van der Waals surface area contributed by atoms with Gasteiger partial charge in [-0.05, 0) is 30.5 Å². The second kappa shape index (κ2) is 13.2. The Bertz CT molecular complexity index is 525. The smallest absolute Gasteiger partial charge is 0.191 e. The summed E-state index contributed by atoms with van der Waals surface area (Å²) in [5, 5.41) is 6.47. The van der Waals surface area contributed by atoms with Gasteiger partial charge in [-0.2, -0.15) is 0 Å². The summed E-state index contributed by atoms with van der Waals surface area (Å²) in [6.07, 6.45) is 1.95. The largest absolute Gasteiger partial charge is 0.379 e. The average molecular weight is 481 g/mol. The van der Waals surface area contributed by atoms with Crippen molar-refractivity contribution in [2.75, 3.05) is 47.1 Å². The van der Waals surface area contributed by atoms with Crippen LogP contribution in [-0.2, 0) is 14.2 Å². The molecule has 26 heavy (non-hydrogen) atoms. The minimum absolute atomic E-state index is 0. The van der Waals surface area contributed by atoms with Crippen LogP contribution in [-0.4, -0.2) is 59.1 Å². The third-order valence-corrected chi connectivity index (χ3v) is 4.06. The summed E-state index contributed by atoms with van der Waals surface area (Å²) in [7, 11) is 3.36. The molecule has 1 aromatic carbocycles. The number of rotatable bonds is 9. The van der Waals surface area contributed by atoms with Crippen LogP contribution in [0.4, 0.5) is 4.39 Å². The minimum atomic E-state index is -0.254. The molecule has 8 heteroatoms. The van der Waals surface area contributed by atoms with Crippen molar-refractivity contribution in [1.29, 1.82) is 0 Å². The van der Waals surface area contributed by atoms with E-state index in [-0.39, 0.29) is 42.0 Å². The van der Waals surface area contributed by atoms with Crippen LogP contribution >= 0.6 is 24.0 Å². The van der Waals surface area contributed by atoms with Crippen molar-refractivity contribution in [2.45, 2.75) is 25.0 Å². The van der Waals surface area contributed by atoms with E-state index < -0.39 is 0 Å². The van der Waals surface area contributed by atoms with Gasteiger partial charge in [0.1, 0.15) is 5.82 Å². The maximum absolute atomic E-state index is 13.0. The van der Waals surface area contributed by atoms with Crippen LogP contribution in [0.25, 0.3) is 0 Å². The Morgan fingerprint density at radius 2 is 2.12 bits per heavy atom. The summed E-state index contributed by atoms with van der Waals surface area (Å²) in [6.45, 7) is 3.51. The number of nitrogens with zero attached hydrogens (tertiary/aromatic N) is 1. The lowest BCUT2D eigenvalue weighted by molar-refractivity contribution is 0.0419. The number of hydrogen-bond acceptors (Lipinski definition) is 4. The topological polar surface area (TPSA) is 64.1 Å². The molecule has 2 unspecified atom stereocenters. The van der Waals surface area contributed by atoms with Gasteiger partial charge in [-0.15, -0.1) is 24.0 Å². The molecule has 0 amide bonds. The third kappa shape index (κ3) is 8.15. The van der Waals surface area contributed by atoms with E-state index in [1.54, 1.807) is 26.3 Å². The zero-order chi connectivity index (χ0) is 17.9. The normalized spacial score (nSPS) is 18.3. The molecule has 6 nitrogen and oxygen atoms in total. The zero-order valence-corrected chi connectivity index (χ0v) is 17.7. The average Bonchev–Trinajstić information content (AvgIpc) is 3.15. The molecule has 148 valence electrons. The van der Waals surface area contributed by atoms with E-state index >= 15 is 0 Å². The molecule has 1 heterocycles. The van der Waals surface area contributed by atoms with E-state index in [9.17, 15) is 4.39 Å². The maximum atomic E-state index is 13.0. The van der Waals surface area contributed by atoms with Gasteiger partial charge >= 0.3 is 0 Å².